The molecule has 19 heavy (non-hydrogen) atoms. The summed E-state index contributed by atoms with van der Waals surface area (Å²) in [5, 5.41) is 0. The van der Waals surface area contributed by atoms with E-state index in [0.717, 1.165) is 18.8 Å². The summed E-state index contributed by atoms with van der Waals surface area (Å²) in [6.45, 7) is 9.28. The normalized spacial score (nSPS) is 28.6. The van der Waals surface area contributed by atoms with E-state index in [1.807, 2.05) is 6.20 Å². The zero-order valence-electron chi connectivity index (χ0n) is 12.9. The zero-order valence-corrected chi connectivity index (χ0v) is 12.9. The average molecular weight is 263 g/mol. The van der Waals surface area contributed by atoms with Gasteiger partial charge in [0.15, 0.2) is 0 Å². The minimum Gasteiger partial charge on any atom is -0.330 e. The average Bonchev–Trinajstić information content (AvgIpc) is 2.87. The van der Waals surface area contributed by atoms with Crippen LogP contribution in [0.2, 0.25) is 0 Å². The summed E-state index contributed by atoms with van der Waals surface area (Å²) >= 11 is 0. The molecule has 0 saturated heterocycles. The van der Waals surface area contributed by atoms with Gasteiger partial charge in [0.1, 0.15) is 5.82 Å². The molecule has 3 heteroatoms. The van der Waals surface area contributed by atoms with Gasteiger partial charge in [0, 0.05) is 24.9 Å². The number of aryl methyl sites for hydroxylation is 1. The quantitative estimate of drug-likeness (QED) is 0.902. The second-order valence-electron chi connectivity index (χ2n) is 6.69. The summed E-state index contributed by atoms with van der Waals surface area (Å²) in [5.41, 5.74) is 6.81. The molecule has 1 aromatic rings. The highest BCUT2D eigenvalue weighted by Gasteiger charge is 2.37. The molecule has 2 rings (SSSR count). The molecule has 0 radical (unpaired) electrons. The Bertz CT molecular complexity index is 408. The predicted octanol–water partition coefficient (Wildman–Crippen LogP) is 3.55. The lowest BCUT2D eigenvalue weighted by Crippen LogP contribution is -2.41. The number of aromatic nitrogens is 2. The summed E-state index contributed by atoms with van der Waals surface area (Å²) in [6.07, 6.45) is 9.87. The van der Waals surface area contributed by atoms with Crippen molar-refractivity contribution in [1.29, 1.82) is 0 Å². The molecule has 0 bridgehead atoms. The maximum Gasteiger partial charge on any atom is 0.108 e. The van der Waals surface area contributed by atoms with Crippen molar-refractivity contribution in [3.05, 3.63) is 18.2 Å². The van der Waals surface area contributed by atoms with Gasteiger partial charge in [-0.1, -0.05) is 34.1 Å². The molecule has 0 aliphatic heterocycles. The molecule has 1 aliphatic carbocycles. The number of nitrogens with two attached hydrogens (primary N) is 1. The Morgan fingerprint density at radius 3 is 2.74 bits per heavy atom. The number of rotatable bonds is 4. The molecular formula is C16H29N3. The third-order valence-corrected chi connectivity index (χ3v) is 5.31. The summed E-state index contributed by atoms with van der Waals surface area (Å²) < 4.78 is 2.34. The van der Waals surface area contributed by atoms with E-state index in [1.165, 1.54) is 25.1 Å². The number of hydrogen-bond acceptors (Lipinski definition) is 2. The van der Waals surface area contributed by atoms with Crippen molar-refractivity contribution in [2.75, 3.05) is 0 Å². The lowest BCUT2D eigenvalue weighted by Gasteiger charge is -2.42. The third kappa shape index (κ3) is 2.86. The smallest absolute Gasteiger partial charge is 0.108 e. The van der Waals surface area contributed by atoms with Gasteiger partial charge in [-0.05, 0) is 30.6 Å². The van der Waals surface area contributed by atoms with Crippen molar-refractivity contribution in [3.63, 3.8) is 0 Å². The minimum absolute atomic E-state index is 0.281. The first-order valence-electron chi connectivity index (χ1n) is 7.76. The first kappa shape index (κ1) is 14.6. The predicted molar refractivity (Wildman–Crippen MR) is 80.0 cm³/mol. The maximum absolute atomic E-state index is 6.39. The molecule has 0 aromatic carbocycles. The molecule has 3 unspecified atom stereocenters. The van der Waals surface area contributed by atoms with Gasteiger partial charge in [-0.2, -0.15) is 0 Å². The van der Waals surface area contributed by atoms with Gasteiger partial charge in [-0.3, -0.25) is 0 Å². The van der Waals surface area contributed by atoms with Crippen LogP contribution in [0.15, 0.2) is 12.4 Å². The van der Waals surface area contributed by atoms with Crippen LogP contribution in [0.4, 0.5) is 0 Å². The third-order valence-electron chi connectivity index (χ3n) is 5.31. The van der Waals surface area contributed by atoms with E-state index in [4.69, 9.17) is 5.73 Å². The molecule has 108 valence electrons. The van der Waals surface area contributed by atoms with Gasteiger partial charge in [-0.15, -0.1) is 0 Å². The molecule has 2 N–H and O–H groups in total. The summed E-state index contributed by atoms with van der Waals surface area (Å²) in [5.74, 6) is 1.95. The Labute approximate surface area is 117 Å². The SMILES string of the molecule is CCc1nccn1C1CC(C(C)(C)CC)CCC1N. The standard InChI is InChI=1S/C16H29N3/c1-5-15-18-9-10-19(15)14-11-12(7-8-13(14)17)16(3,4)6-2/h9-10,12-14H,5-8,11,17H2,1-4H3. The van der Waals surface area contributed by atoms with Crippen LogP contribution in [-0.4, -0.2) is 15.6 Å². The van der Waals surface area contributed by atoms with E-state index < -0.39 is 0 Å². The molecule has 1 heterocycles. The monoisotopic (exact) mass is 263 g/mol. The molecule has 0 amide bonds. The summed E-state index contributed by atoms with van der Waals surface area (Å²) in [7, 11) is 0. The maximum atomic E-state index is 6.39. The Hall–Kier alpha value is -0.830. The van der Waals surface area contributed by atoms with Crippen molar-refractivity contribution < 1.29 is 0 Å². The van der Waals surface area contributed by atoms with Gasteiger partial charge < -0.3 is 10.3 Å². The molecule has 3 nitrogen and oxygen atoms in total. The van der Waals surface area contributed by atoms with E-state index in [-0.39, 0.29) is 6.04 Å². The van der Waals surface area contributed by atoms with E-state index >= 15 is 0 Å². The van der Waals surface area contributed by atoms with Gasteiger partial charge in [-0.25, -0.2) is 4.98 Å². The van der Waals surface area contributed by atoms with E-state index in [9.17, 15) is 0 Å². The zero-order chi connectivity index (χ0) is 14.0. The molecule has 0 spiro atoms. The fraction of sp³-hybridized carbons (Fsp3) is 0.812. The second kappa shape index (κ2) is 5.66. The van der Waals surface area contributed by atoms with Gasteiger partial charge in [0.2, 0.25) is 0 Å². The molecule has 3 atom stereocenters. The minimum atomic E-state index is 0.281. The molecular weight excluding hydrogens is 234 g/mol. The topological polar surface area (TPSA) is 43.8 Å². The Morgan fingerprint density at radius 1 is 1.37 bits per heavy atom. The van der Waals surface area contributed by atoms with Crippen molar-refractivity contribution in [1.82, 2.24) is 9.55 Å². The fourth-order valence-electron chi connectivity index (χ4n) is 3.41. The van der Waals surface area contributed by atoms with Gasteiger partial charge >= 0.3 is 0 Å². The number of hydrogen-bond donors (Lipinski definition) is 1. The largest absolute Gasteiger partial charge is 0.330 e. The van der Waals surface area contributed by atoms with Crippen LogP contribution in [0, 0.1) is 11.3 Å². The van der Waals surface area contributed by atoms with Crippen molar-refractivity contribution in [2.45, 2.75) is 71.9 Å². The number of nitrogens with zero attached hydrogens (tertiary/aromatic N) is 2. The van der Waals surface area contributed by atoms with Crippen molar-refractivity contribution in [3.8, 4) is 0 Å². The summed E-state index contributed by atoms with van der Waals surface area (Å²) in [6, 6.07) is 0.713. The lowest BCUT2D eigenvalue weighted by atomic mass is 9.67. The highest BCUT2D eigenvalue weighted by Crippen LogP contribution is 2.43. The van der Waals surface area contributed by atoms with Crippen LogP contribution < -0.4 is 5.73 Å². The van der Waals surface area contributed by atoms with Gasteiger partial charge in [0.25, 0.3) is 0 Å². The Kier molecular flexibility index (Phi) is 4.34. The molecule has 1 aliphatic rings. The number of imidazole rings is 1. The highest BCUT2D eigenvalue weighted by molar-refractivity contribution is 5.00. The first-order chi connectivity index (χ1) is 8.99. The van der Waals surface area contributed by atoms with E-state index in [1.54, 1.807) is 0 Å². The lowest BCUT2D eigenvalue weighted by molar-refractivity contribution is 0.110. The highest BCUT2D eigenvalue weighted by atomic mass is 15.1. The van der Waals surface area contributed by atoms with Crippen LogP contribution in [0.5, 0.6) is 0 Å². The molecule has 1 aromatic heterocycles. The molecule has 1 saturated carbocycles. The van der Waals surface area contributed by atoms with Crippen molar-refractivity contribution in [2.24, 2.45) is 17.1 Å². The van der Waals surface area contributed by atoms with Crippen LogP contribution in [0.1, 0.15) is 65.2 Å². The summed E-state index contributed by atoms with van der Waals surface area (Å²) in [4.78, 5) is 4.46. The van der Waals surface area contributed by atoms with Crippen molar-refractivity contribution >= 4 is 0 Å². The molecule has 1 fully saturated rings. The Morgan fingerprint density at radius 2 is 2.11 bits per heavy atom. The van der Waals surface area contributed by atoms with E-state index in [0.29, 0.717) is 11.5 Å². The van der Waals surface area contributed by atoms with Gasteiger partial charge in [0.05, 0.1) is 6.04 Å². The van der Waals surface area contributed by atoms with Crippen LogP contribution in [0.25, 0.3) is 0 Å². The second-order valence-corrected chi connectivity index (χ2v) is 6.69. The van der Waals surface area contributed by atoms with Crippen LogP contribution >= 0.6 is 0 Å². The first-order valence-corrected chi connectivity index (χ1v) is 7.76. The Balaban J connectivity index is 2.20. The fourth-order valence-corrected chi connectivity index (χ4v) is 3.41. The van der Waals surface area contributed by atoms with Crippen LogP contribution in [-0.2, 0) is 6.42 Å². The van der Waals surface area contributed by atoms with Crippen LogP contribution in [0.3, 0.4) is 0 Å². The van der Waals surface area contributed by atoms with E-state index in [2.05, 4.69) is 43.4 Å².